The van der Waals surface area contributed by atoms with E-state index in [1.165, 1.54) is 0 Å². The summed E-state index contributed by atoms with van der Waals surface area (Å²) in [4.78, 5) is 33.0. The van der Waals surface area contributed by atoms with Gasteiger partial charge in [0.1, 0.15) is 11.5 Å². The number of rotatable bonds is 5. The molecule has 8 nitrogen and oxygen atoms in total. The van der Waals surface area contributed by atoms with E-state index in [1.807, 2.05) is 37.3 Å². The van der Waals surface area contributed by atoms with E-state index in [-0.39, 0.29) is 11.8 Å². The second kappa shape index (κ2) is 7.59. The summed E-state index contributed by atoms with van der Waals surface area (Å²) in [5.74, 6) is 0.0470. The molecule has 0 aliphatic heterocycles. The van der Waals surface area contributed by atoms with Gasteiger partial charge in [-0.15, -0.1) is 0 Å². The number of amides is 2. The summed E-state index contributed by atoms with van der Waals surface area (Å²) in [6.45, 7) is 2.47. The van der Waals surface area contributed by atoms with Gasteiger partial charge in [-0.05, 0) is 25.1 Å². The first-order chi connectivity index (χ1) is 14.1. The molecule has 0 saturated heterocycles. The number of H-pyrrole nitrogens is 1. The van der Waals surface area contributed by atoms with Gasteiger partial charge in [0.15, 0.2) is 0 Å². The highest BCUT2D eigenvalue weighted by Gasteiger charge is 2.18. The number of hydrogen-bond donors (Lipinski definition) is 3. The molecule has 2 aromatic heterocycles. The zero-order valence-corrected chi connectivity index (χ0v) is 16.1. The normalized spacial score (nSPS) is 10.8. The van der Waals surface area contributed by atoms with Gasteiger partial charge in [0.25, 0.3) is 11.8 Å². The first kappa shape index (κ1) is 18.4. The van der Waals surface area contributed by atoms with Crippen molar-refractivity contribution in [1.82, 2.24) is 25.1 Å². The smallest absolute Gasteiger partial charge is 0.273 e. The number of aromatic amines is 1. The minimum Gasteiger partial charge on any atom is -0.355 e. The fraction of sp³-hybridized carbons (Fsp3) is 0.143. The van der Waals surface area contributed by atoms with E-state index < -0.39 is 0 Å². The van der Waals surface area contributed by atoms with Gasteiger partial charge in [-0.3, -0.25) is 14.3 Å². The van der Waals surface area contributed by atoms with E-state index in [0.717, 1.165) is 5.56 Å². The fourth-order valence-corrected chi connectivity index (χ4v) is 3.18. The molecule has 4 rings (SSSR count). The van der Waals surface area contributed by atoms with Crippen LogP contribution in [0.2, 0.25) is 0 Å². The minimum absolute atomic E-state index is 0.304. The molecule has 2 amide bonds. The largest absolute Gasteiger partial charge is 0.355 e. The third-order valence-corrected chi connectivity index (χ3v) is 4.64. The van der Waals surface area contributed by atoms with Crippen molar-refractivity contribution in [2.75, 3.05) is 12.4 Å². The maximum atomic E-state index is 12.7. The molecule has 0 fully saturated rings. The average molecular weight is 388 g/mol. The molecular weight excluding hydrogens is 368 g/mol. The molecule has 0 saturated carbocycles. The average Bonchev–Trinajstić information content (AvgIpc) is 3.39. The van der Waals surface area contributed by atoms with Crippen molar-refractivity contribution >= 4 is 28.5 Å². The zero-order chi connectivity index (χ0) is 20.4. The molecule has 2 heterocycles. The Balaban J connectivity index is 1.77. The lowest BCUT2D eigenvalue weighted by Crippen LogP contribution is -2.23. The number of fused-ring (bicyclic) bond motifs is 1. The van der Waals surface area contributed by atoms with Crippen LogP contribution >= 0.6 is 0 Å². The molecule has 8 heteroatoms. The summed E-state index contributed by atoms with van der Waals surface area (Å²) in [7, 11) is 1.55. The topological polar surface area (TPSA) is 105 Å². The first-order valence-corrected chi connectivity index (χ1v) is 9.25. The van der Waals surface area contributed by atoms with Gasteiger partial charge >= 0.3 is 0 Å². The molecule has 2 aromatic carbocycles. The number of imidazole rings is 1. The Kier molecular flexibility index (Phi) is 4.82. The third-order valence-electron chi connectivity index (χ3n) is 4.64. The number of anilines is 1. The molecule has 0 aliphatic rings. The molecule has 3 N–H and O–H groups in total. The Bertz CT molecular complexity index is 1190. The zero-order valence-electron chi connectivity index (χ0n) is 16.1. The number of carbonyl (C=O) groups is 2. The lowest BCUT2D eigenvalue weighted by atomic mass is 10.1. The Morgan fingerprint density at radius 1 is 1.10 bits per heavy atom. The van der Waals surface area contributed by atoms with Crippen molar-refractivity contribution in [3.05, 3.63) is 66.0 Å². The van der Waals surface area contributed by atoms with Crippen LogP contribution in [-0.4, -0.2) is 38.6 Å². The monoisotopic (exact) mass is 388 g/mol. The predicted octanol–water partition coefficient (Wildman–Crippen LogP) is 3.06. The summed E-state index contributed by atoms with van der Waals surface area (Å²) in [6.07, 6.45) is 1.57. The van der Waals surface area contributed by atoms with Gasteiger partial charge in [0.2, 0.25) is 0 Å². The number of benzene rings is 2. The summed E-state index contributed by atoms with van der Waals surface area (Å²) in [6, 6.07) is 14.7. The number of nitrogens with one attached hydrogen (secondary N) is 3. The molecule has 29 heavy (non-hydrogen) atoms. The van der Waals surface area contributed by atoms with Gasteiger partial charge in [0.05, 0.1) is 22.3 Å². The van der Waals surface area contributed by atoms with Crippen molar-refractivity contribution in [2.45, 2.75) is 13.5 Å². The lowest BCUT2D eigenvalue weighted by Gasteiger charge is -2.11. The molecule has 0 unspecified atom stereocenters. The van der Waals surface area contributed by atoms with Crippen molar-refractivity contribution < 1.29 is 9.59 Å². The van der Waals surface area contributed by atoms with Gasteiger partial charge in [-0.2, -0.15) is 5.10 Å². The van der Waals surface area contributed by atoms with Crippen molar-refractivity contribution in [3.8, 4) is 11.4 Å². The maximum absolute atomic E-state index is 12.7. The Hall–Kier alpha value is -3.94. The predicted molar refractivity (Wildman–Crippen MR) is 111 cm³/mol. The van der Waals surface area contributed by atoms with Gasteiger partial charge in [-0.25, -0.2) is 4.98 Å². The molecule has 0 aliphatic carbocycles. The van der Waals surface area contributed by atoms with Crippen LogP contribution in [0.15, 0.2) is 54.7 Å². The molecular formula is C21H20N6O2. The number of nitrogens with zero attached hydrogens (tertiary/aromatic N) is 3. The molecule has 0 atom stereocenters. The van der Waals surface area contributed by atoms with E-state index in [2.05, 4.69) is 25.7 Å². The number of hydrogen-bond acceptors (Lipinski definition) is 4. The highest BCUT2D eigenvalue weighted by molar-refractivity contribution is 6.10. The van der Waals surface area contributed by atoms with Crippen LogP contribution in [0, 0.1) is 0 Å². The summed E-state index contributed by atoms with van der Waals surface area (Å²) in [5.41, 5.74) is 3.44. The number of carbonyl (C=O) groups excluding carboxylic acids is 2. The minimum atomic E-state index is -0.340. The highest BCUT2D eigenvalue weighted by atomic mass is 16.2. The van der Waals surface area contributed by atoms with E-state index >= 15 is 0 Å². The van der Waals surface area contributed by atoms with E-state index in [4.69, 9.17) is 0 Å². The Morgan fingerprint density at radius 2 is 1.90 bits per heavy atom. The Labute approximate surface area is 167 Å². The van der Waals surface area contributed by atoms with E-state index in [0.29, 0.717) is 40.3 Å². The molecule has 0 spiro atoms. The standard InChI is InChI=1S/C21H20N6O2/c1-3-27-18(9-10-23-27)21(29)26-15-12-17-16(11-14(15)20(28)22-2)24-19(25-17)13-7-5-4-6-8-13/h4-12H,3H2,1-2H3,(H,22,28)(H,24,25)(H,26,29). The van der Waals surface area contributed by atoms with Gasteiger partial charge in [-0.1, -0.05) is 30.3 Å². The fourth-order valence-electron chi connectivity index (χ4n) is 3.18. The number of aromatic nitrogens is 4. The van der Waals surface area contributed by atoms with E-state index in [9.17, 15) is 9.59 Å². The van der Waals surface area contributed by atoms with Crippen LogP contribution in [0.25, 0.3) is 22.4 Å². The van der Waals surface area contributed by atoms with Crippen LogP contribution in [0.4, 0.5) is 5.69 Å². The van der Waals surface area contributed by atoms with Crippen LogP contribution in [0.3, 0.4) is 0 Å². The van der Waals surface area contributed by atoms with Crippen molar-refractivity contribution in [1.29, 1.82) is 0 Å². The molecule has 146 valence electrons. The summed E-state index contributed by atoms with van der Waals surface area (Å²) < 4.78 is 1.59. The second-order valence-electron chi connectivity index (χ2n) is 6.43. The van der Waals surface area contributed by atoms with Crippen molar-refractivity contribution in [3.63, 3.8) is 0 Å². The summed E-state index contributed by atoms with van der Waals surface area (Å²) >= 11 is 0. The van der Waals surface area contributed by atoms with Crippen LogP contribution in [0.1, 0.15) is 27.8 Å². The molecule has 4 aromatic rings. The van der Waals surface area contributed by atoms with Crippen LogP contribution in [-0.2, 0) is 6.54 Å². The third kappa shape index (κ3) is 3.47. The molecule has 0 radical (unpaired) electrons. The quantitative estimate of drug-likeness (QED) is 0.489. The van der Waals surface area contributed by atoms with Gasteiger partial charge < -0.3 is 15.6 Å². The van der Waals surface area contributed by atoms with Crippen molar-refractivity contribution in [2.24, 2.45) is 0 Å². The number of aryl methyl sites for hydroxylation is 1. The highest BCUT2D eigenvalue weighted by Crippen LogP contribution is 2.26. The lowest BCUT2D eigenvalue weighted by molar-refractivity contribution is 0.0964. The SMILES string of the molecule is CCn1nccc1C(=O)Nc1cc2nc(-c3ccccc3)[nH]c2cc1C(=O)NC. The van der Waals surface area contributed by atoms with E-state index in [1.54, 1.807) is 36.1 Å². The second-order valence-corrected chi connectivity index (χ2v) is 6.43. The summed E-state index contributed by atoms with van der Waals surface area (Å²) in [5, 5.41) is 9.56. The maximum Gasteiger partial charge on any atom is 0.273 e. The Morgan fingerprint density at radius 3 is 2.62 bits per heavy atom. The van der Waals surface area contributed by atoms with Gasteiger partial charge in [0, 0.05) is 25.4 Å². The molecule has 0 bridgehead atoms. The van der Waals surface area contributed by atoms with Crippen LogP contribution < -0.4 is 10.6 Å². The van der Waals surface area contributed by atoms with Crippen LogP contribution in [0.5, 0.6) is 0 Å². The first-order valence-electron chi connectivity index (χ1n) is 9.25.